The molecule has 6 heteroatoms. The van der Waals surface area contributed by atoms with E-state index in [2.05, 4.69) is 5.32 Å². The predicted octanol–water partition coefficient (Wildman–Crippen LogP) is 0.738. The van der Waals surface area contributed by atoms with Crippen molar-refractivity contribution in [2.75, 3.05) is 13.6 Å². The summed E-state index contributed by atoms with van der Waals surface area (Å²) < 4.78 is 0. The zero-order chi connectivity index (χ0) is 15.8. The average molecular weight is 295 g/mol. The summed E-state index contributed by atoms with van der Waals surface area (Å²) in [4.78, 5) is 22.1. The first-order valence-corrected chi connectivity index (χ1v) is 6.81. The van der Waals surface area contributed by atoms with Gasteiger partial charge < -0.3 is 20.6 Å². The molecule has 0 heterocycles. The van der Waals surface area contributed by atoms with Crippen LogP contribution in [0.1, 0.15) is 41.3 Å². The van der Waals surface area contributed by atoms with Gasteiger partial charge in [0, 0.05) is 12.0 Å². The number of aliphatic carboxylic acids is 1. The zero-order valence-corrected chi connectivity index (χ0v) is 12.0. The van der Waals surface area contributed by atoms with Crippen molar-refractivity contribution in [2.45, 2.75) is 31.5 Å². The molecule has 4 N–H and O–H groups in total. The van der Waals surface area contributed by atoms with E-state index >= 15 is 0 Å². The maximum absolute atomic E-state index is 11.7. The van der Waals surface area contributed by atoms with Crippen LogP contribution < -0.4 is 5.32 Å². The zero-order valence-electron chi connectivity index (χ0n) is 12.0. The van der Waals surface area contributed by atoms with Gasteiger partial charge in [0.05, 0.1) is 12.5 Å². The molecule has 0 radical (unpaired) electrons. The second-order valence-electron chi connectivity index (χ2n) is 4.84. The van der Waals surface area contributed by atoms with Crippen LogP contribution in [0.3, 0.4) is 0 Å². The van der Waals surface area contributed by atoms with E-state index < -0.39 is 18.2 Å². The molecule has 0 aliphatic heterocycles. The summed E-state index contributed by atoms with van der Waals surface area (Å²) in [7, 11) is 1.76. The van der Waals surface area contributed by atoms with Crippen LogP contribution in [-0.2, 0) is 4.79 Å². The molecule has 1 rings (SSSR count). The topological polar surface area (TPSA) is 107 Å². The molecule has 2 unspecified atom stereocenters. The number of carbonyl (C=O) groups excluding carboxylic acids is 1. The Hall–Kier alpha value is -1.76. The Morgan fingerprint density at radius 2 is 1.76 bits per heavy atom. The van der Waals surface area contributed by atoms with Crippen LogP contribution in [0, 0.1) is 0 Å². The fraction of sp³-hybridized carbons (Fsp3) is 0.467. The molecule has 2 atom stereocenters. The molecule has 0 amide bonds. The summed E-state index contributed by atoms with van der Waals surface area (Å²) in [6.07, 6.45) is -1.74. The Kier molecular flexibility index (Phi) is 7.01. The minimum atomic E-state index is -1.01. The van der Waals surface area contributed by atoms with Crippen molar-refractivity contribution in [1.29, 1.82) is 0 Å². The van der Waals surface area contributed by atoms with E-state index in [4.69, 9.17) is 5.11 Å². The number of ketones is 1. The van der Waals surface area contributed by atoms with Crippen LogP contribution in [0.4, 0.5) is 0 Å². The van der Waals surface area contributed by atoms with Gasteiger partial charge in [-0.15, -0.1) is 0 Å². The number of hydrogen-bond donors (Lipinski definition) is 4. The number of benzene rings is 1. The molecule has 1 aromatic carbocycles. The average Bonchev–Trinajstić information content (AvgIpc) is 2.49. The molecule has 1 aromatic rings. The summed E-state index contributed by atoms with van der Waals surface area (Å²) in [5.41, 5.74) is 0.922. The quantitative estimate of drug-likeness (QED) is 0.501. The number of aliphatic hydroxyl groups is 2. The van der Waals surface area contributed by atoms with E-state index in [0.29, 0.717) is 24.1 Å². The van der Waals surface area contributed by atoms with Gasteiger partial charge in [0.15, 0.2) is 5.78 Å². The van der Waals surface area contributed by atoms with E-state index in [1.165, 1.54) is 12.1 Å². The van der Waals surface area contributed by atoms with Crippen molar-refractivity contribution in [3.05, 3.63) is 35.4 Å². The van der Waals surface area contributed by atoms with Crippen molar-refractivity contribution in [1.82, 2.24) is 5.32 Å². The number of aliphatic hydroxyl groups excluding tert-OH is 2. The van der Waals surface area contributed by atoms with Gasteiger partial charge in [-0.25, -0.2) is 0 Å². The third-order valence-corrected chi connectivity index (χ3v) is 3.19. The van der Waals surface area contributed by atoms with E-state index in [9.17, 15) is 19.8 Å². The number of carboxylic acids is 1. The molecular formula is C15H21NO5. The Balaban J connectivity index is 2.64. The molecule has 0 aromatic heterocycles. The highest BCUT2D eigenvalue weighted by Crippen LogP contribution is 2.20. The first-order chi connectivity index (χ1) is 9.95. The Morgan fingerprint density at radius 3 is 2.29 bits per heavy atom. The van der Waals surface area contributed by atoms with Crippen LogP contribution in [0.15, 0.2) is 24.3 Å². The van der Waals surface area contributed by atoms with E-state index in [0.717, 1.165) is 0 Å². The highest BCUT2D eigenvalue weighted by molar-refractivity contribution is 5.97. The van der Waals surface area contributed by atoms with Crippen molar-refractivity contribution < 1.29 is 24.9 Å². The van der Waals surface area contributed by atoms with Crippen LogP contribution in [-0.4, -0.2) is 46.8 Å². The molecule has 0 aliphatic rings. The van der Waals surface area contributed by atoms with Crippen molar-refractivity contribution >= 4 is 11.8 Å². The van der Waals surface area contributed by atoms with Gasteiger partial charge in [-0.1, -0.05) is 24.3 Å². The molecule has 0 saturated heterocycles. The maximum Gasteiger partial charge on any atom is 0.303 e. The molecule has 0 fully saturated rings. The van der Waals surface area contributed by atoms with Crippen LogP contribution >= 0.6 is 0 Å². The molecule has 21 heavy (non-hydrogen) atoms. The molecule has 0 spiro atoms. The number of Topliss-reactive ketones (excluding diaryl/α,β-unsaturated/α-hetero) is 1. The SMILES string of the molecule is CNCCC(O)C(O)c1ccc(C(=O)CCC(=O)O)cc1. The monoisotopic (exact) mass is 295 g/mol. The van der Waals surface area contributed by atoms with Gasteiger partial charge in [-0.2, -0.15) is 0 Å². The van der Waals surface area contributed by atoms with Crippen molar-refractivity contribution in [3.8, 4) is 0 Å². The summed E-state index contributed by atoms with van der Waals surface area (Å²) in [6.45, 7) is 0.587. The number of hydrogen-bond acceptors (Lipinski definition) is 5. The first-order valence-electron chi connectivity index (χ1n) is 6.81. The number of rotatable bonds is 9. The van der Waals surface area contributed by atoms with Gasteiger partial charge in [0.1, 0.15) is 6.10 Å². The minimum Gasteiger partial charge on any atom is -0.481 e. The number of nitrogens with one attached hydrogen (secondary N) is 1. The highest BCUT2D eigenvalue weighted by atomic mass is 16.4. The van der Waals surface area contributed by atoms with Crippen LogP contribution in [0.2, 0.25) is 0 Å². The molecular weight excluding hydrogens is 274 g/mol. The fourth-order valence-electron chi connectivity index (χ4n) is 1.90. The molecule has 0 aliphatic carbocycles. The third-order valence-electron chi connectivity index (χ3n) is 3.19. The van der Waals surface area contributed by atoms with Crippen LogP contribution in [0.5, 0.6) is 0 Å². The van der Waals surface area contributed by atoms with E-state index in [1.54, 1.807) is 19.2 Å². The summed E-state index contributed by atoms with van der Waals surface area (Å²) in [5.74, 6) is -1.27. The lowest BCUT2D eigenvalue weighted by Gasteiger charge is -2.18. The van der Waals surface area contributed by atoms with Gasteiger partial charge >= 0.3 is 5.97 Å². The number of carboxylic acid groups (broad SMARTS) is 1. The summed E-state index contributed by atoms with van der Waals surface area (Å²) in [5, 5.41) is 31.2. The Bertz CT molecular complexity index is 471. The second-order valence-corrected chi connectivity index (χ2v) is 4.84. The maximum atomic E-state index is 11.7. The molecule has 6 nitrogen and oxygen atoms in total. The Morgan fingerprint density at radius 1 is 1.14 bits per heavy atom. The van der Waals surface area contributed by atoms with Crippen molar-refractivity contribution in [3.63, 3.8) is 0 Å². The fourth-order valence-corrected chi connectivity index (χ4v) is 1.90. The largest absolute Gasteiger partial charge is 0.481 e. The van der Waals surface area contributed by atoms with E-state index in [-0.39, 0.29) is 18.6 Å². The van der Waals surface area contributed by atoms with Crippen LogP contribution in [0.25, 0.3) is 0 Å². The summed E-state index contributed by atoms with van der Waals surface area (Å²) in [6, 6.07) is 6.21. The smallest absolute Gasteiger partial charge is 0.303 e. The first kappa shape index (κ1) is 17.3. The van der Waals surface area contributed by atoms with Crippen molar-refractivity contribution in [2.24, 2.45) is 0 Å². The lowest BCUT2D eigenvalue weighted by atomic mass is 9.99. The van der Waals surface area contributed by atoms with Gasteiger partial charge in [-0.05, 0) is 25.6 Å². The second kappa shape index (κ2) is 8.51. The standard InChI is InChI=1S/C15H21NO5/c1-16-9-8-13(18)15(21)11-4-2-10(3-5-11)12(17)6-7-14(19)20/h2-5,13,15-16,18,21H,6-9H2,1H3,(H,19,20). The van der Waals surface area contributed by atoms with E-state index in [1.807, 2.05) is 0 Å². The predicted molar refractivity (Wildman–Crippen MR) is 77.2 cm³/mol. The minimum absolute atomic E-state index is 0.0535. The lowest BCUT2D eigenvalue weighted by Crippen LogP contribution is -2.23. The molecule has 0 bridgehead atoms. The normalized spacial score (nSPS) is 13.7. The molecule has 116 valence electrons. The third kappa shape index (κ3) is 5.63. The highest BCUT2D eigenvalue weighted by Gasteiger charge is 2.18. The Labute approximate surface area is 123 Å². The van der Waals surface area contributed by atoms with Gasteiger partial charge in [-0.3, -0.25) is 9.59 Å². The van der Waals surface area contributed by atoms with Gasteiger partial charge in [0.2, 0.25) is 0 Å². The summed E-state index contributed by atoms with van der Waals surface area (Å²) >= 11 is 0. The lowest BCUT2D eigenvalue weighted by molar-refractivity contribution is -0.136. The van der Waals surface area contributed by atoms with Gasteiger partial charge in [0.25, 0.3) is 0 Å². The number of carbonyl (C=O) groups is 2. The molecule has 0 saturated carbocycles.